The number of aryl methyl sites for hydroxylation is 1. The Morgan fingerprint density at radius 1 is 1.32 bits per heavy atom. The summed E-state index contributed by atoms with van der Waals surface area (Å²) in [4.78, 5) is 13.3. The van der Waals surface area contributed by atoms with Gasteiger partial charge in [0.2, 0.25) is 0 Å². The van der Waals surface area contributed by atoms with Crippen LogP contribution in [-0.4, -0.2) is 43.1 Å². The highest BCUT2D eigenvalue weighted by molar-refractivity contribution is 5.73. The highest BCUT2D eigenvalue weighted by atomic mass is 19.4. The Morgan fingerprint density at radius 3 is 2.60 bits per heavy atom. The van der Waals surface area contributed by atoms with Crippen molar-refractivity contribution < 1.29 is 27.8 Å². The number of carbonyl (C=O) groups is 1. The number of fused-ring (bicyclic) bond motifs is 1. The zero-order chi connectivity index (χ0) is 18.2. The molecule has 0 aliphatic carbocycles. The normalized spacial score (nSPS) is 18.0. The predicted molar refractivity (Wildman–Crippen MR) is 78.6 cm³/mol. The molecule has 7 nitrogen and oxygen atoms in total. The topological polar surface area (TPSA) is 80.5 Å². The molecule has 1 aliphatic rings. The number of hydrogen-bond donors (Lipinski definition) is 1. The number of nitrogens with zero attached hydrogens (tertiary/aromatic N) is 4. The number of alkyl halides is 3. The molecule has 0 spiro atoms. The third-order valence-corrected chi connectivity index (χ3v) is 3.98. The lowest BCUT2D eigenvalue weighted by Crippen LogP contribution is -2.47. The molecular formula is C15H15F3N4O3. The van der Waals surface area contributed by atoms with Crippen molar-refractivity contribution in [2.24, 2.45) is 0 Å². The fraction of sp³-hybridized carbons (Fsp3) is 0.400. The van der Waals surface area contributed by atoms with Crippen LogP contribution in [-0.2, 0) is 24.4 Å². The van der Waals surface area contributed by atoms with E-state index in [4.69, 9.17) is 0 Å². The lowest BCUT2D eigenvalue weighted by molar-refractivity contribution is -0.274. The molecule has 0 amide bonds. The minimum absolute atomic E-state index is 0.221. The van der Waals surface area contributed by atoms with Crippen LogP contribution in [0, 0.1) is 6.92 Å². The van der Waals surface area contributed by atoms with Gasteiger partial charge in [-0.25, -0.2) is 0 Å². The van der Waals surface area contributed by atoms with E-state index in [9.17, 15) is 23.1 Å². The lowest BCUT2D eigenvalue weighted by atomic mass is 10.1. The minimum Gasteiger partial charge on any atom is -0.480 e. The maximum Gasteiger partial charge on any atom is 0.573 e. The van der Waals surface area contributed by atoms with Crippen LogP contribution in [0.2, 0.25) is 0 Å². The van der Waals surface area contributed by atoms with Crippen molar-refractivity contribution in [2.75, 3.05) is 0 Å². The summed E-state index contributed by atoms with van der Waals surface area (Å²) in [6.45, 7) is 2.52. The molecule has 0 saturated carbocycles. The predicted octanol–water partition coefficient (Wildman–Crippen LogP) is 1.95. The Labute approximate surface area is 140 Å². The Bertz CT molecular complexity index is 773. The Morgan fingerprint density at radius 2 is 2.00 bits per heavy atom. The first-order valence-corrected chi connectivity index (χ1v) is 7.43. The van der Waals surface area contributed by atoms with Gasteiger partial charge in [0.1, 0.15) is 23.4 Å². The van der Waals surface area contributed by atoms with E-state index in [0.717, 1.165) is 0 Å². The fourth-order valence-corrected chi connectivity index (χ4v) is 2.79. The second-order valence-electron chi connectivity index (χ2n) is 5.72. The zero-order valence-electron chi connectivity index (χ0n) is 13.2. The maximum atomic E-state index is 12.2. The lowest BCUT2D eigenvalue weighted by Gasteiger charge is -2.33. The van der Waals surface area contributed by atoms with Crippen LogP contribution in [0.4, 0.5) is 13.2 Å². The van der Waals surface area contributed by atoms with Gasteiger partial charge in [-0.1, -0.05) is 12.1 Å². The number of halogens is 3. The van der Waals surface area contributed by atoms with Crippen molar-refractivity contribution in [1.29, 1.82) is 0 Å². The first-order valence-electron chi connectivity index (χ1n) is 7.43. The summed E-state index contributed by atoms with van der Waals surface area (Å²) in [7, 11) is 0. The molecule has 134 valence electrons. The van der Waals surface area contributed by atoms with Gasteiger partial charge in [0.05, 0.1) is 13.1 Å². The van der Waals surface area contributed by atoms with Crippen LogP contribution in [0.1, 0.15) is 17.2 Å². The highest BCUT2D eigenvalue weighted by Crippen LogP contribution is 2.25. The quantitative estimate of drug-likeness (QED) is 0.902. The number of carboxylic acids is 1. The Hall–Kier alpha value is -2.62. The summed E-state index contributed by atoms with van der Waals surface area (Å²) in [5.41, 5.74) is 0.672. The zero-order valence-corrected chi connectivity index (χ0v) is 13.2. The number of ether oxygens (including phenoxy) is 1. The van der Waals surface area contributed by atoms with Crippen molar-refractivity contribution in [2.45, 2.75) is 39.0 Å². The molecule has 2 heterocycles. The van der Waals surface area contributed by atoms with Gasteiger partial charge in [0, 0.05) is 6.54 Å². The first-order chi connectivity index (χ1) is 11.7. The van der Waals surface area contributed by atoms with Crippen molar-refractivity contribution in [3.63, 3.8) is 0 Å². The fourth-order valence-electron chi connectivity index (χ4n) is 2.79. The Balaban J connectivity index is 1.75. The van der Waals surface area contributed by atoms with Crippen molar-refractivity contribution in [3.8, 4) is 5.75 Å². The summed E-state index contributed by atoms with van der Waals surface area (Å²) in [6.07, 6.45) is -4.75. The Kier molecular flexibility index (Phi) is 4.38. The van der Waals surface area contributed by atoms with Gasteiger partial charge in [-0.15, -0.1) is 23.4 Å². The van der Waals surface area contributed by atoms with Crippen LogP contribution < -0.4 is 4.74 Å². The molecule has 1 aromatic heterocycles. The van der Waals surface area contributed by atoms with Crippen LogP contribution in [0.25, 0.3) is 0 Å². The van der Waals surface area contributed by atoms with Gasteiger partial charge in [0.15, 0.2) is 0 Å². The van der Waals surface area contributed by atoms with Crippen molar-refractivity contribution in [1.82, 2.24) is 19.7 Å². The average molecular weight is 356 g/mol. The molecule has 2 aromatic rings. The van der Waals surface area contributed by atoms with E-state index in [1.54, 1.807) is 16.4 Å². The number of aromatic nitrogens is 3. The molecule has 0 radical (unpaired) electrons. The van der Waals surface area contributed by atoms with Crippen molar-refractivity contribution in [3.05, 3.63) is 41.5 Å². The summed E-state index contributed by atoms with van der Waals surface area (Å²) < 4.78 is 42.1. The van der Waals surface area contributed by atoms with E-state index in [-0.39, 0.29) is 18.8 Å². The van der Waals surface area contributed by atoms with Gasteiger partial charge in [0.25, 0.3) is 0 Å². The number of aliphatic carboxylic acids is 1. The van der Waals surface area contributed by atoms with E-state index in [0.29, 0.717) is 23.8 Å². The number of carboxylic acid groups (broad SMARTS) is 1. The van der Waals surface area contributed by atoms with E-state index in [1.807, 2.05) is 0 Å². The highest BCUT2D eigenvalue weighted by Gasteiger charge is 2.34. The summed E-state index contributed by atoms with van der Waals surface area (Å²) in [6, 6.07) is 4.59. The van der Waals surface area contributed by atoms with Gasteiger partial charge in [-0.2, -0.15) is 0 Å². The largest absolute Gasteiger partial charge is 0.573 e. The second kappa shape index (κ2) is 6.36. The molecule has 10 heteroatoms. The molecule has 1 unspecified atom stereocenters. The SMILES string of the molecule is Cc1nnc2n1CC(C(=O)O)N(Cc1ccc(OC(F)(F)F)cc1)C2. The van der Waals surface area contributed by atoms with Crippen LogP contribution >= 0.6 is 0 Å². The van der Waals surface area contributed by atoms with Gasteiger partial charge >= 0.3 is 12.3 Å². The van der Waals surface area contributed by atoms with E-state index >= 15 is 0 Å². The average Bonchev–Trinajstić information content (AvgIpc) is 2.87. The van der Waals surface area contributed by atoms with Gasteiger partial charge < -0.3 is 14.4 Å². The maximum absolute atomic E-state index is 12.2. The molecule has 1 N–H and O–H groups in total. The summed E-state index contributed by atoms with van der Waals surface area (Å²) in [5, 5.41) is 17.5. The van der Waals surface area contributed by atoms with Gasteiger partial charge in [-0.05, 0) is 24.6 Å². The molecule has 0 fully saturated rings. The van der Waals surface area contributed by atoms with Gasteiger partial charge in [-0.3, -0.25) is 9.69 Å². The molecule has 1 aromatic carbocycles. The molecule has 1 aliphatic heterocycles. The third-order valence-electron chi connectivity index (χ3n) is 3.98. The third kappa shape index (κ3) is 3.90. The molecule has 3 rings (SSSR count). The molecule has 0 bridgehead atoms. The van der Waals surface area contributed by atoms with E-state index < -0.39 is 18.4 Å². The number of rotatable bonds is 4. The summed E-state index contributed by atoms with van der Waals surface area (Å²) in [5.74, 6) is 0.0115. The monoisotopic (exact) mass is 356 g/mol. The van der Waals surface area contributed by atoms with Crippen molar-refractivity contribution >= 4 is 5.97 Å². The molecule has 0 saturated heterocycles. The van der Waals surface area contributed by atoms with Crippen LogP contribution in [0.3, 0.4) is 0 Å². The second-order valence-corrected chi connectivity index (χ2v) is 5.72. The minimum atomic E-state index is -4.75. The number of hydrogen-bond acceptors (Lipinski definition) is 5. The molecular weight excluding hydrogens is 341 g/mol. The molecule has 1 atom stereocenters. The van der Waals surface area contributed by atoms with E-state index in [1.165, 1.54) is 24.3 Å². The number of benzene rings is 1. The van der Waals surface area contributed by atoms with Crippen LogP contribution in [0.15, 0.2) is 24.3 Å². The smallest absolute Gasteiger partial charge is 0.480 e. The van der Waals surface area contributed by atoms with Crippen LogP contribution in [0.5, 0.6) is 5.75 Å². The van der Waals surface area contributed by atoms with E-state index in [2.05, 4.69) is 14.9 Å². The summed E-state index contributed by atoms with van der Waals surface area (Å²) >= 11 is 0. The standard InChI is InChI=1S/C15H15F3N4O3/c1-9-19-20-13-8-21(12(14(23)24)7-22(9)13)6-10-2-4-11(5-3-10)25-15(16,17)18/h2-5,12H,6-8H2,1H3,(H,23,24). The first kappa shape index (κ1) is 17.2. The molecule has 25 heavy (non-hydrogen) atoms.